The lowest BCUT2D eigenvalue weighted by Gasteiger charge is -2.18. The summed E-state index contributed by atoms with van der Waals surface area (Å²) in [7, 11) is 3.90. The Morgan fingerprint density at radius 2 is 2.00 bits per heavy atom. The molecule has 1 amide bonds. The summed E-state index contributed by atoms with van der Waals surface area (Å²) in [4.78, 5) is 22.6. The minimum atomic E-state index is -0.0710. The van der Waals surface area contributed by atoms with Crippen LogP contribution in [0.4, 0.5) is 5.95 Å². The van der Waals surface area contributed by atoms with Gasteiger partial charge in [0.15, 0.2) is 0 Å². The fourth-order valence-corrected chi connectivity index (χ4v) is 4.12. The Labute approximate surface area is 164 Å². The molecule has 6 nitrogen and oxygen atoms in total. The van der Waals surface area contributed by atoms with Crippen molar-refractivity contribution >= 4 is 49.5 Å². The van der Waals surface area contributed by atoms with E-state index in [4.69, 9.17) is 10.1 Å². The highest BCUT2D eigenvalue weighted by Crippen LogP contribution is 2.33. The van der Waals surface area contributed by atoms with Gasteiger partial charge in [0.2, 0.25) is 5.95 Å². The van der Waals surface area contributed by atoms with Gasteiger partial charge in [0.05, 0.1) is 11.5 Å². The summed E-state index contributed by atoms with van der Waals surface area (Å²) in [5.41, 5.74) is 1.79. The van der Waals surface area contributed by atoms with Gasteiger partial charge in [-0.25, -0.2) is 4.98 Å². The SMILES string of the molecule is CCN(CCO)C(=O)c1cc2nc(N(C)C)n(-c3ccc(Br)cc3)c2s1. The molecule has 3 aromatic rings. The molecule has 3 rings (SSSR count). The first-order valence-electron chi connectivity index (χ1n) is 8.32. The maximum absolute atomic E-state index is 12.7. The largest absolute Gasteiger partial charge is 0.395 e. The molecule has 0 bridgehead atoms. The first-order valence-corrected chi connectivity index (χ1v) is 9.93. The fourth-order valence-electron chi connectivity index (χ4n) is 2.77. The molecule has 2 heterocycles. The summed E-state index contributed by atoms with van der Waals surface area (Å²) >= 11 is 4.89. The Morgan fingerprint density at radius 3 is 2.58 bits per heavy atom. The highest BCUT2D eigenvalue weighted by Gasteiger charge is 2.22. The number of aliphatic hydroxyl groups excluding tert-OH is 1. The molecule has 0 spiro atoms. The summed E-state index contributed by atoms with van der Waals surface area (Å²) < 4.78 is 3.07. The molecule has 0 aliphatic rings. The van der Waals surface area contributed by atoms with E-state index in [0.29, 0.717) is 18.0 Å². The second kappa shape index (κ2) is 7.77. The summed E-state index contributed by atoms with van der Waals surface area (Å²) in [6, 6.07) is 9.85. The highest BCUT2D eigenvalue weighted by atomic mass is 79.9. The lowest BCUT2D eigenvalue weighted by Crippen LogP contribution is -2.32. The second-order valence-electron chi connectivity index (χ2n) is 6.03. The molecule has 0 aliphatic heterocycles. The fraction of sp³-hybridized carbons (Fsp3) is 0.333. The predicted molar refractivity (Wildman–Crippen MR) is 110 cm³/mol. The molecular weight excluding hydrogens is 416 g/mol. The normalized spacial score (nSPS) is 11.1. The van der Waals surface area contributed by atoms with Crippen LogP contribution in [0.15, 0.2) is 34.8 Å². The number of rotatable bonds is 6. The molecule has 138 valence electrons. The third-order valence-corrected chi connectivity index (χ3v) is 5.68. The number of carbonyl (C=O) groups is 1. The zero-order valence-electron chi connectivity index (χ0n) is 14.9. The van der Waals surface area contributed by atoms with Crippen LogP contribution in [0.3, 0.4) is 0 Å². The molecule has 1 N–H and O–H groups in total. The Hall–Kier alpha value is -1.90. The van der Waals surface area contributed by atoms with E-state index >= 15 is 0 Å². The number of thiophene rings is 1. The number of fused-ring (bicyclic) bond motifs is 1. The van der Waals surface area contributed by atoms with Crippen molar-refractivity contribution in [2.75, 3.05) is 38.7 Å². The van der Waals surface area contributed by atoms with E-state index in [-0.39, 0.29) is 12.5 Å². The van der Waals surface area contributed by atoms with Crippen LogP contribution in [0, 0.1) is 0 Å². The van der Waals surface area contributed by atoms with Crippen molar-refractivity contribution in [3.05, 3.63) is 39.7 Å². The zero-order chi connectivity index (χ0) is 18.8. The molecule has 0 saturated carbocycles. The van der Waals surface area contributed by atoms with E-state index in [1.165, 1.54) is 11.3 Å². The zero-order valence-corrected chi connectivity index (χ0v) is 17.3. The molecule has 1 aromatic carbocycles. The number of likely N-dealkylation sites (N-methyl/N-ethyl adjacent to an activating group) is 1. The summed E-state index contributed by atoms with van der Waals surface area (Å²) in [5, 5.41) is 9.16. The van der Waals surface area contributed by atoms with Crippen molar-refractivity contribution in [1.29, 1.82) is 0 Å². The molecule has 2 aromatic heterocycles. The van der Waals surface area contributed by atoms with E-state index in [2.05, 4.69) is 20.5 Å². The molecular formula is C18H21BrN4O2S. The number of hydrogen-bond donors (Lipinski definition) is 1. The highest BCUT2D eigenvalue weighted by molar-refractivity contribution is 9.10. The Bertz CT molecular complexity index is 917. The van der Waals surface area contributed by atoms with Gasteiger partial charge in [0.25, 0.3) is 5.91 Å². The second-order valence-corrected chi connectivity index (χ2v) is 7.97. The van der Waals surface area contributed by atoms with Gasteiger partial charge in [-0.3, -0.25) is 9.36 Å². The monoisotopic (exact) mass is 436 g/mol. The Morgan fingerprint density at radius 1 is 1.31 bits per heavy atom. The maximum Gasteiger partial charge on any atom is 0.264 e. The number of halogens is 1. The van der Waals surface area contributed by atoms with Crippen LogP contribution in [0.1, 0.15) is 16.6 Å². The number of nitrogens with zero attached hydrogens (tertiary/aromatic N) is 4. The van der Waals surface area contributed by atoms with Crippen molar-refractivity contribution in [2.45, 2.75) is 6.92 Å². The number of anilines is 1. The minimum Gasteiger partial charge on any atom is -0.395 e. The van der Waals surface area contributed by atoms with Crippen molar-refractivity contribution in [3.63, 3.8) is 0 Å². The molecule has 0 radical (unpaired) electrons. The van der Waals surface area contributed by atoms with Crippen molar-refractivity contribution < 1.29 is 9.90 Å². The molecule has 0 aliphatic carbocycles. The number of imidazole rings is 1. The Kier molecular flexibility index (Phi) is 5.64. The summed E-state index contributed by atoms with van der Waals surface area (Å²) in [6.07, 6.45) is 0. The molecule has 0 atom stereocenters. The predicted octanol–water partition coefficient (Wildman–Crippen LogP) is 3.37. The first kappa shape index (κ1) is 18.9. The van der Waals surface area contributed by atoms with E-state index < -0.39 is 0 Å². The summed E-state index contributed by atoms with van der Waals surface area (Å²) in [5.74, 6) is 0.744. The first-order chi connectivity index (χ1) is 12.5. The van der Waals surface area contributed by atoms with Crippen molar-refractivity contribution in [3.8, 4) is 5.69 Å². The molecule has 0 saturated heterocycles. The van der Waals surface area contributed by atoms with Crippen molar-refractivity contribution in [1.82, 2.24) is 14.5 Å². The van der Waals surface area contributed by atoms with Crippen LogP contribution >= 0.6 is 27.3 Å². The van der Waals surface area contributed by atoms with E-state index in [9.17, 15) is 4.79 Å². The lowest BCUT2D eigenvalue weighted by molar-refractivity contribution is 0.0737. The van der Waals surface area contributed by atoms with E-state index in [1.54, 1.807) is 4.90 Å². The van der Waals surface area contributed by atoms with E-state index in [1.807, 2.05) is 56.3 Å². The quantitative estimate of drug-likeness (QED) is 0.643. The van der Waals surface area contributed by atoms with Gasteiger partial charge in [-0.1, -0.05) is 15.9 Å². The number of aromatic nitrogens is 2. The number of hydrogen-bond acceptors (Lipinski definition) is 5. The average molecular weight is 437 g/mol. The number of amides is 1. The smallest absolute Gasteiger partial charge is 0.264 e. The number of benzene rings is 1. The van der Waals surface area contributed by atoms with Gasteiger partial charge in [0.1, 0.15) is 10.3 Å². The van der Waals surface area contributed by atoms with Crippen molar-refractivity contribution in [2.24, 2.45) is 0 Å². The Balaban J connectivity index is 2.10. The lowest BCUT2D eigenvalue weighted by atomic mass is 10.3. The van der Waals surface area contributed by atoms with Crippen LogP contribution < -0.4 is 4.90 Å². The third kappa shape index (κ3) is 3.49. The van der Waals surface area contributed by atoms with Crippen LogP contribution in [-0.4, -0.2) is 59.3 Å². The molecule has 26 heavy (non-hydrogen) atoms. The molecule has 0 unspecified atom stereocenters. The van der Waals surface area contributed by atoms with Gasteiger partial charge in [0, 0.05) is 37.3 Å². The number of carbonyl (C=O) groups excluding carboxylic acids is 1. The standard InChI is InChI=1S/C18H21BrN4O2S/c1-4-22(9-10-24)16(25)15-11-14-17(26-15)23(18(20-14)21(2)3)13-7-5-12(19)6-8-13/h5-8,11,24H,4,9-10H2,1-3H3. The van der Waals surface area contributed by atoms with E-state index in [0.717, 1.165) is 26.5 Å². The van der Waals surface area contributed by atoms with Crippen LogP contribution in [-0.2, 0) is 0 Å². The average Bonchev–Trinajstić information content (AvgIpc) is 3.18. The van der Waals surface area contributed by atoms with Gasteiger partial charge in [-0.2, -0.15) is 0 Å². The van der Waals surface area contributed by atoms with Crippen LogP contribution in [0.25, 0.3) is 16.0 Å². The van der Waals surface area contributed by atoms with Crippen LogP contribution in [0.5, 0.6) is 0 Å². The number of aliphatic hydroxyl groups is 1. The minimum absolute atomic E-state index is 0.0430. The summed E-state index contributed by atoms with van der Waals surface area (Å²) in [6.45, 7) is 2.76. The van der Waals surface area contributed by atoms with Gasteiger partial charge in [-0.05, 0) is 37.3 Å². The van der Waals surface area contributed by atoms with Crippen LogP contribution in [0.2, 0.25) is 0 Å². The van der Waals surface area contributed by atoms with Gasteiger partial charge >= 0.3 is 0 Å². The van der Waals surface area contributed by atoms with Gasteiger partial charge < -0.3 is 14.9 Å². The maximum atomic E-state index is 12.7. The molecule has 8 heteroatoms. The van der Waals surface area contributed by atoms with Gasteiger partial charge in [-0.15, -0.1) is 11.3 Å². The third-order valence-electron chi connectivity index (χ3n) is 4.05. The molecule has 0 fully saturated rings. The topological polar surface area (TPSA) is 61.6 Å².